The van der Waals surface area contributed by atoms with Gasteiger partial charge in [-0.05, 0) is 19.1 Å². The number of hydrogen-bond acceptors (Lipinski definition) is 3. The summed E-state index contributed by atoms with van der Waals surface area (Å²) in [6.07, 6.45) is 7.90. The minimum atomic E-state index is 0.410. The summed E-state index contributed by atoms with van der Waals surface area (Å²) in [5.74, 6) is 1.24. The first-order chi connectivity index (χ1) is 7.53. The van der Waals surface area contributed by atoms with E-state index in [1.165, 1.54) is 38.0 Å². The number of thioether (sulfide) groups is 2. The lowest BCUT2D eigenvalue weighted by Gasteiger charge is -2.31. The second-order valence-electron chi connectivity index (χ2n) is 5.58. The first kappa shape index (κ1) is 14.7. The smallest absolute Gasteiger partial charge is 0.0198 e. The maximum atomic E-state index is 3.75. The lowest BCUT2D eigenvalue weighted by molar-refractivity contribution is 0.392. The monoisotopic (exact) mass is 261 g/mol. The van der Waals surface area contributed by atoms with Crippen LogP contribution in [0.25, 0.3) is 0 Å². The third-order valence-corrected chi connectivity index (χ3v) is 5.49. The Morgan fingerprint density at radius 3 is 2.50 bits per heavy atom. The molecule has 16 heavy (non-hydrogen) atoms. The van der Waals surface area contributed by atoms with Gasteiger partial charge in [-0.1, -0.05) is 33.6 Å². The summed E-state index contributed by atoms with van der Waals surface area (Å²) in [5, 5.41) is 4.61. The van der Waals surface area contributed by atoms with E-state index >= 15 is 0 Å². The minimum absolute atomic E-state index is 0.410. The predicted molar refractivity (Wildman–Crippen MR) is 79.8 cm³/mol. The summed E-state index contributed by atoms with van der Waals surface area (Å²) in [5.41, 5.74) is 0. The van der Waals surface area contributed by atoms with Crippen LogP contribution in [0.3, 0.4) is 0 Å². The molecule has 0 aromatic heterocycles. The first-order valence-corrected chi connectivity index (χ1v) is 8.70. The van der Waals surface area contributed by atoms with Gasteiger partial charge < -0.3 is 5.32 Å². The van der Waals surface area contributed by atoms with Crippen LogP contribution in [0.4, 0.5) is 0 Å². The molecule has 3 heteroatoms. The third kappa shape index (κ3) is 5.83. The summed E-state index contributed by atoms with van der Waals surface area (Å²) in [6, 6.07) is 0.768. The van der Waals surface area contributed by atoms with Crippen molar-refractivity contribution in [3.8, 4) is 0 Å². The molecular weight excluding hydrogens is 234 g/mol. The highest BCUT2D eigenvalue weighted by molar-refractivity contribution is 8.00. The minimum Gasteiger partial charge on any atom is -0.312 e. The van der Waals surface area contributed by atoms with Crippen LogP contribution >= 0.6 is 23.5 Å². The van der Waals surface area contributed by atoms with E-state index in [1.54, 1.807) is 0 Å². The van der Waals surface area contributed by atoms with Gasteiger partial charge >= 0.3 is 0 Å². The molecule has 0 saturated heterocycles. The van der Waals surface area contributed by atoms with Gasteiger partial charge in [-0.2, -0.15) is 23.5 Å². The van der Waals surface area contributed by atoms with Gasteiger partial charge in [0.15, 0.2) is 0 Å². The molecule has 1 aliphatic carbocycles. The predicted octanol–water partition coefficient (Wildman–Crippen LogP) is 3.78. The number of nitrogens with one attached hydrogen (secondary N) is 1. The molecule has 1 nitrogen and oxygen atoms in total. The zero-order valence-corrected chi connectivity index (χ0v) is 12.8. The summed E-state index contributed by atoms with van der Waals surface area (Å²) in [4.78, 5) is 0. The highest BCUT2D eigenvalue weighted by atomic mass is 32.2. The third-order valence-electron chi connectivity index (χ3n) is 3.05. The fraction of sp³-hybridized carbons (Fsp3) is 1.00. The fourth-order valence-corrected chi connectivity index (χ4v) is 4.01. The highest BCUT2D eigenvalue weighted by Gasteiger charge is 2.23. The van der Waals surface area contributed by atoms with Crippen LogP contribution in [0.15, 0.2) is 0 Å². The molecule has 96 valence electrons. The second-order valence-corrected chi connectivity index (χ2v) is 8.58. The van der Waals surface area contributed by atoms with Crippen molar-refractivity contribution in [2.45, 2.75) is 62.5 Å². The van der Waals surface area contributed by atoms with Crippen molar-refractivity contribution >= 4 is 23.5 Å². The van der Waals surface area contributed by atoms with Gasteiger partial charge in [0.25, 0.3) is 0 Å². The Labute approximate surface area is 110 Å². The van der Waals surface area contributed by atoms with Crippen molar-refractivity contribution in [2.24, 2.45) is 0 Å². The zero-order valence-electron chi connectivity index (χ0n) is 11.2. The van der Waals surface area contributed by atoms with Gasteiger partial charge in [-0.15, -0.1) is 0 Å². The Hall–Kier alpha value is 0.660. The van der Waals surface area contributed by atoms with Crippen molar-refractivity contribution in [3.63, 3.8) is 0 Å². The Morgan fingerprint density at radius 2 is 1.88 bits per heavy atom. The van der Waals surface area contributed by atoms with Crippen molar-refractivity contribution in [1.29, 1.82) is 0 Å². The van der Waals surface area contributed by atoms with Crippen LogP contribution < -0.4 is 5.32 Å². The van der Waals surface area contributed by atoms with Crippen LogP contribution in [0.2, 0.25) is 0 Å². The summed E-state index contributed by atoms with van der Waals surface area (Å²) < 4.78 is 0.410. The number of rotatable bonds is 5. The average Bonchev–Trinajstić information content (AvgIpc) is 2.23. The van der Waals surface area contributed by atoms with Crippen LogP contribution in [0.1, 0.15) is 46.5 Å². The molecule has 0 spiro atoms. The Morgan fingerprint density at radius 1 is 1.19 bits per heavy atom. The average molecular weight is 262 g/mol. The van der Waals surface area contributed by atoms with E-state index in [-0.39, 0.29) is 0 Å². The molecule has 1 aliphatic rings. The van der Waals surface area contributed by atoms with Crippen LogP contribution in [0, 0.1) is 0 Å². The molecule has 0 aromatic carbocycles. The van der Waals surface area contributed by atoms with Gasteiger partial charge in [0, 0.05) is 28.3 Å². The van der Waals surface area contributed by atoms with Gasteiger partial charge in [0.05, 0.1) is 0 Å². The maximum Gasteiger partial charge on any atom is 0.0198 e. The molecule has 1 rings (SSSR count). The Kier molecular flexibility index (Phi) is 6.60. The van der Waals surface area contributed by atoms with Crippen LogP contribution in [-0.4, -0.2) is 34.6 Å². The van der Waals surface area contributed by atoms with Gasteiger partial charge in [-0.25, -0.2) is 0 Å². The molecular formula is C13H27NS2. The molecule has 0 amide bonds. The van der Waals surface area contributed by atoms with E-state index in [1.807, 2.05) is 11.8 Å². The zero-order chi connectivity index (χ0) is 12.0. The van der Waals surface area contributed by atoms with Gasteiger partial charge in [0.2, 0.25) is 0 Å². The fourth-order valence-electron chi connectivity index (χ4n) is 2.21. The number of hydrogen-bond donors (Lipinski definition) is 1. The SMILES string of the molecule is CSC1CCCCC1NCCSC(C)(C)C. The van der Waals surface area contributed by atoms with Crippen LogP contribution in [0.5, 0.6) is 0 Å². The summed E-state index contributed by atoms with van der Waals surface area (Å²) >= 11 is 4.11. The van der Waals surface area contributed by atoms with E-state index in [9.17, 15) is 0 Å². The molecule has 1 saturated carbocycles. The van der Waals surface area contributed by atoms with Crippen molar-refractivity contribution in [1.82, 2.24) is 5.32 Å². The molecule has 1 fully saturated rings. The van der Waals surface area contributed by atoms with Crippen LogP contribution in [-0.2, 0) is 0 Å². The first-order valence-electron chi connectivity index (χ1n) is 6.43. The van der Waals surface area contributed by atoms with E-state index in [0.717, 1.165) is 11.3 Å². The summed E-state index contributed by atoms with van der Waals surface area (Å²) in [6.45, 7) is 8.05. The molecule has 0 aliphatic heterocycles. The van der Waals surface area contributed by atoms with Crippen molar-refractivity contribution in [3.05, 3.63) is 0 Å². The maximum absolute atomic E-state index is 3.75. The highest BCUT2D eigenvalue weighted by Crippen LogP contribution is 2.27. The Bertz CT molecular complexity index is 189. The van der Waals surface area contributed by atoms with E-state index < -0.39 is 0 Å². The Balaban J connectivity index is 2.15. The van der Waals surface area contributed by atoms with E-state index in [4.69, 9.17) is 0 Å². The second kappa shape index (κ2) is 7.17. The quantitative estimate of drug-likeness (QED) is 0.756. The van der Waals surface area contributed by atoms with E-state index in [2.05, 4.69) is 44.1 Å². The molecule has 2 atom stereocenters. The van der Waals surface area contributed by atoms with Crippen molar-refractivity contribution < 1.29 is 0 Å². The molecule has 0 radical (unpaired) electrons. The largest absolute Gasteiger partial charge is 0.312 e. The summed E-state index contributed by atoms with van der Waals surface area (Å²) in [7, 11) is 0. The van der Waals surface area contributed by atoms with E-state index in [0.29, 0.717) is 4.75 Å². The molecule has 0 bridgehead atoms. The lowest BCUT2D eigenvalue weighted by atomic mass is 9.95. The molecule has 1 N–H and O–H groups in total. The lowest BCUT2D eigenvalue weighted by Crippen LogP contribution is -2.41. The van der Waals surface area contributed by atoms with Gasteiger partial charge in [-0.3, -0.25) is 0 Å². The topological polar surface area (TPSA) is 12.0 Å². The molecule has 2 unspecified atom stereocenters. The van der Waals surface area contributed by atoms with Gasteiger partial charge in [0.1, 0.15) is 0 Å². The standard InChI is InChI=1S/C13H27NS2/c1-13(2,3)16-10-9-14-11-7-5-6-8-12(11)15-4/h11-12,14H,5-10H2,1-4H3. The molecule has 0 aromatic rings. The van der Waals surface area contributed by atoms with Crippen molar-refractivity contribution in [2.75, 3.05) is 18.6 Å². The normalized spacial score (nSPS) is 27.0. The molecule has 0 heterocycles.